The van der Waals surface area contributed by atoms with Crippen LogP contribution in [0, 0.1) is 0 Å². The molecule has 2 aliphatic heterocycles. The van der Waals surface area contributed by atoms with Gasteiger partial charge in [-0.1, -0.05) is 66.7 Å². The van der Waals surface area contributed by atoms with Crippen molar-refractivity contribution >= 4 is 5.91 Å². The van der Waals surface area contributed by atoms with Gasteiger partial charge >= 0.3 is 6.18 Å². The van der Waals surface area contributed by atoms with E-state index in [0.29, 0.717) is 35.6 Å². The topological polar surface area (TPSA) is 102 Å². The molecule has 2 N–H and O–H groups in total. The van der Waals surface area contributed by atoms with Crippen molar-refractivity contribution in [3.63, 3.8) is 0 Å². The molecule has 0 saturated carbocycles. The number of rotatable bonds is 9. The molecular weight excluding hydrogens is 559 g/mol. The summed E-state index contributed by atoms with van der Waals surface area (Å²) in [7, 11) is 0. The van der Waals surface area contributed by atoms with Crippen molar-refractivity contribution < 1.29 is 22.7 Å². The Kier molecular flexibility index (Phi) is 7.85. The number of piperazine rings is 1. The fourth-order valence-corrected chi connectivity index (χ4v) is 6.07. The number of halogens is 3. The lowest BCUT2D eigenvalue weighted by molar-refractivity contribution is -0.146. The van der Waals surface area contributed by atoms with Crippen molar-refractivity contribution in [3.8, 4) is 11.4 Å². The first kappa shape index (κ1) is 28.4. The first-order valence-corrected chi connectivity index (χ1v) is 14.0. The lowest BCUT2D eigenvalue weighted by atomic mass is 9.83. The molecule has 0 spiro atoms. The second kappa shape index (κ2) is 11.9. The third-order valence-corrected chi connectivity index (χ3v) is 7.83. The molecule has 1 amide bonds. The van der Waals surface area contributed by atoms with Crippen LogP contribution in [0.1, 0.15) is 34.9 Å². The van der Waals surface area contributed by atoms with E-state index in [2.05, 4.69) is 79.9 Å². The third-order valence-electron chi connectivity index (χ3n) is 7.83. The fraction of sp³-hybridized carbons (Fsp3) is 0.290. The van der Waals surface area contributed by atoms with Crippen molar-refractivity contribution in [1.82, 2.24) is 30.0 Å². The molecule has 3 aromatic carbocycles. The number of benzene rings is 3. The number of primary amides is 1. The molecule has 0 bridgehead atoms. The van der Waals surface area contributed by atoms with E-state index in [-0.39, 0.29) is 24.3 Å². The maximum Gasteiger partial charge on any atom is 0.453 e. The van der Waals surface area contributed by atoms with Gasteiger partial charge in [-0.25, -0.2) is 0 Å². The summed E-state index contributed by atoms with van der Waals surface area (Å²) >= 11 is 0. The van der Waals surface area contributed by atoms with E-state index < -0.39 is 17.9 Å². The highest BCUT2D eigenvalue weighted by atomic mass is 19.4. The van der Waals surface area contributed by atoms with Crippen molar-refractivity contribution in [1.29, 1.82) is 0 Å². The van der Waals surface area contributed by atoms with Gasteiger partial charge in [0.05, 0.1) is 11.7 Å². The molecule has 4 aromatic rings. The van der Waals surface area contributed by atoms with Crippen LogP contribution < -0.4 is 10.5 Å². The Hall–Kier alpha value is -4.71. The van der Waals surface area contributed by atoms with E-state index in [4.69, 9.17) is 10.5 Å². The van der Waals surface area contributed by atoms with Crippen LogP contribution >= 0.6 is 0 Å². The van der Waals surface area contributed by atoms with Crippen molar-refractivity contribution in [2.24, 2.45) is 5.73 Å². The van der Waals surface area contributed by atoms with Gasteiger partial charge in [0.2, 0.25) is 0 Å². The molecule has 0 unspecified atom stereocenters. The number of fused-ring (bicyclic) bond motifs is 1. The van der Waals surface area contributed by atoms with E-state index in [1.807, 2.05) is 12.1 Å². The van der Waals surface area contributed by atoms with Gasteiger partial charge in [-0.15, -0.1) is 5.10 Å². The zero-order valence-corrected chi connectivity index (χ0v) is 23.2. The maximum atomic E-state index is 13.6. The molecule has 1 atom stereocenters. The number of aromatic nitrogens is 4. The highest BCUT2D eigenvalue weighted by Gasteiger charge is 2.40. The van der Waals surface area contributed by atoms with Crippen molar-refractivity contribution in [3.05, 3.63) is 113 Å². The summed E-state index contributed by atoms with van der Waals surface area (Å²) in [6.07, 6.45) is -1.55. The summed E-state index contributed by atoms with van der Waals surface area (Å²) in [6.45, 7) is 2.25. The summed E-state index contributed by atoms with van der Waals surface area (Å²) in [4.78, 5) is 16.3. The lowest BCUT2D eigenvalue weighted by Crippen LogP contribution is -2.52. The lowest BCUT2D eigenvalue weighted by Gasteiger charge is -2.46. The summed E-state index contributed by atoms with van der Waals surface area (Å²) in [5, 5.41) is 10.00. The molecule has 0 aliphatic carbocycles. The van der Waals surface area contributed by atoms with Gasteiger partial charge in [-0.3, -0.25) is 9.69 Å². The first-order valence-electron chi connectivity index (χ1n) is 14.0. The van der Waals surface area contributed by atoms with Crippen LogP contribution in [0.25, 0.3) is 5.69 Å². The standard InChI is InChI=1S/C31H30F3N7O2/c32-31(33,34)30-36-37-38-41(30)24-13-14-27(43-20-28(35)42)23(16-24)17-39-18-25-12-7-15-40(25)26(19-39)29(21-8-3-1-4-9-21)22-10-5-2-6-11-22/h1-6,8-14,16,26,29H,7,15,17-20H2,(H2,35,42)/t26-/m0/s1. The van der Waals surface area contributed by atoms with E-state index in [0.717, 1.165) is 13.0 Å². The minimum atomic E-state index is -4.74. The van der Waals surface area contributed by atoms with E-state index in [1.165, 1.54) is 29.0 Å². The fourth-order valence-electron chi connectivity index (χ4n) is 6.07. The van der Waals surface area contributed by atoms with Gasteiger partial charge in [-0.2, -0.15) is 17.9 Å². The van der Waals surface area contributed by atoms with Gasteiger partial charge in [0, 0.05) is 43.4 Å². The van der Waals surface area contributed by atoms with E-state index in [9.17, 15) is 18.0 Å². The number of ether oxygens (including phenoxy) is 1. The minimum absolute atomic E-state index is 0.0826. The second-order valence-corrected chi connectivity index (χ2v) is 10.7. The van der Waals surface area contributed by atoms with Crippen LogP contribution in [0.5, 0.6) is 5.75 Å². The minimum Gasteiger partial charge on any atom is -0.483 e. The van der Waals surface area contributed by atoms with Crippen LogP contribution in [0.15, 0.2) is 90.6 Å². The zero-order valence-electron chi connectivity index (χ0n) is 23.2. The number of alkyl halides is 3. The normalized spacial score (nSPS) is 17.2. The zero-order chi connectivity index (χ0) is 30.0. The Balaban J connectivity index is 1.36. The Bertz CT molecular complexity index is 1570. The van der Waals surface area contributed by atoms with Crippen LogP contribution in [-0.4, -0.2) is 68.2 Å². The monoisotopic (exact) mass is 589 g/mol. The molecule has 222 valence electrons. The quantitative estimate of drug-likeness (QED) is 0.313. The SMILES string of the molecule is NC(=O)COc1ccc(-n2nnnc2C(F)(F)F)cc1CN1CC2=CCCN2[C@H](C(c2ccccc2)c2ccccc2)C1. The molecule has 1 aromatic heterocycles. The Labute approximate surface area is 246 Å². The van der Waals surface area contributed by atoms with Crippen LogP contribution in [-0.2, 0) is 17.5 Å². The maximum absolute atomic E-state index is 13.6. The Morgan fingerprint density at radius 1 is 1.02 bits per heavy atom. The molecular formula is C31H30F3N7O2. The molecule has 0 radical (unpaired) electrons. The summed E-state index contributed by atoms with van der Waals surface area (Å²) < 4.78 is 47.1. The number of carbonyl (C=O) groups is 1. The predicted octanol–water partition coefficient (Wildman–Crippen LogP) is 4.15. The highest BCUT2D eigenvalue weighted by Crippen LogP contribution is 2.38. The largest absolute Gasteiger partial charge is 0.483 e. The summed E-state index contributed by atoms with van der Waals surface area (Å²) in [5.74, 6) is -1.46. The van der Waals surface area contributed by atoms with Crippen LogP contribution in [0.2, 0.25) is 0 Å². The number of hydrogen-bond acceptors (Lipinski definition) is 7. The summed E-state index contributed by atoms with van der Waals surface area (Å²) in [6, 6.07) is 25.4. The predicted molar refractivity (Wildman–Crippen MR) is 152 cm³/mol. The number of nitrogens with two attached hydrogens (primary N) is 1. The van der Waals surface area contributed by atoms with E-state index in [1.54, 1.807) is 6.07 Å². The van der Waals surface area contributed by atoms with Gasteiger partial charge in [0.1, 0.15) is 5.75 Å². The van der Waals surface area contributed by atoms with Gasteiger partial charge in [0.15, 0.2) is 6.61 Å². The van der Waals surface area contributed by atoms with Crippen molar-refractivity contribution in [2.75, 3.05) is 26.2 Å². The van der Waals surface area contributed by atoms with E-state index >= 15 is 0 Å². The average Bonchev–Trinajstić information content (AvgIpc) is 3.68. The first-order chi connectivity index (χ1) is 20.8. The number of carbonyl (C=O) groups excluding carboxylic acids is 1. The molecule has 1 saturated heterocycles. The molecule has 2 aliphatic rings. The molecule has 43 heavy (non-hydrogen) atoms. The second-order valence-electron chi connectivity index (χ2n) is 10.7. The highest BCUT2D eigenvalue weighted by molar-refractivity contribution is 5.75. The van der Waals surface area contributed by atoms with Crippen LogP contribution in [0.3, 0.4) is 0 Å². The Morgan fingerprint density at radius 2 is 1.72 bits per heavy atom. The number of nitrogens with zero attached hydrogens (tertiary/aromatic N) is 6. The van der Waals surface area contributed by atoms with Gasteiger partial charge in [-0.05, 0) is 46.2 Å². The molecule has 3 heterocycles. The van der Waals surface area contributed by atoms with Gasteiger partial charge < -0.3 is 15.4 Å². The molecule has 9 nitrogen and oxygen atoms in total. The van der Waals surface area contributed by atoms with Crippen molar-refractivity contribution in [2.45, 2.75) is 31.1 Å². The number of hydrogen-bond donors (Lipinski definition) is 1. The summed E-state index contributed by atoms with van der Waals surface area (Å²) in [5.41, 5.74) is 9.66. The number of tetrazole rings is 1. The number of amides is 1. The van der Waals surface area contributed by atoms with Crippen LogP contribution in [0.4, 0.5) is 13.2 Å². The third kappa shape index (κ3) is 6.09. The molecule has 12 heteroatoms. The van der Waals surface area contributed by atoms with Gasteiger partial charge in [0.25, 0.3) is 11.7 Å². The smallest absolute Gasteiger partial charge is 0.453 e. The average molecular weight is 590 g/mol. The molecule has 1 fully saturated rings. The molecule has 6 rings (SSSR count). The Morgan fingerprint density at radius 3 is 2.37 bits per heavy atom.